The molecule has 1 aliphatic heterocycles. The van der Waals surface area contributed by atoms with Gasteiger partial charge in [-0.1, -0.05) is 37.5 Å². The van der Waals surface area contributed by atoms with Crippen molar-refractivity contribution in [1.29, 1.82) is 0 Å². The first kappa shape index (κ1) is 11.1. The van der Waals surface area contributed by atoms with Crippen LogP contribution in [0.4, 0.5) is 0 Å². The number of hydrogen-bond acceptors (Lipinski definition) is 2. The molecule has 0 aromatic heterocycles. The molecular weight excluding hydrogens is 212 g/mol. The SMILES string of the molecule is OC(c1cccc2c1OCC2)C1CCCCC1. The van der Waals surface area contributed by atoms with Crippen LogP contribution in [-0.4, -0.2) is 11.7 Å². The number of fused-ring (bicyclic) bond motifs is 1. The van der Waals surface area contributed by atoms with Crippen LogP contribution in [0.25, 0.3) is 0 Å². The minimum Gasteiger partial charge on any atom is -0.493 e. The molecule has 1 N–H and O–H groups in total. The highest BCUT2D eigenvalue weighted by Gasteiger charge is 2.27. The van der Waals surface area contributed by atoms with Crippen LogP contribution in [0.15, 0.2) is 18.2 Å². The lowest BCUT2D eigenvalue weighted by molar-refractivity contribution is 0.0823. The fourth-order valence-electron chi connectivity index (χ4n) is 3.18. The number of para-hydroxylation sites is 1. The number of ether oxygens (including phenoxy) is 1. The van der Waals surface area contributed by atoms with E-state index in [4.69, 9.17) is 4.74 Å². The van der Waals surface area contributed by atoms with Crippen molar-refractivity contribution < 1.29 is 9.84 Å². The van der Waals surface area contributed by atoms with Gasteiger partial charge in [0.2, 0.25) is 0 Å². The summed E-state index contributed by atoms with van der Waals surface area (Å²) in [4.78, 5) is 0. The molecule has 0 bridgehead atoms. The quantitative estimate of drug-likeness (QED) is 0.848. The third kappa shape index (κ3) is 2.06. The first-order chi connectivity index (χ1) is 8.36. The van der Waals surface area contributed by atoms with E-state index < -0.39 is 0 Å². The molecule has 92 valence electrons. The Morgan fingerprint density at radius 3 is 2.82 bits per heavy atom. The highest BCUT2D eigenvalue weighted by atomic mass is 16.5. The van der Waals surface area contributed by atoms with Crippen LogP contribution in [0.2, 0.25) is 0 Å². The van der Waals surface area contributed by atoms with Gasteiger partial charge in [0, 0.05) is 12.0 Å². The second kappa shape index (κ2) is 4.69. The molecule has 1 unspecified atom stereocenters. The number of aliphatic hydroxyl groups excluding tert-OH is 1. The molecule has 1 fully saturated rings. The van der Waals surface area contributed by atoms with E-state index in [-0.39, 0.29) is 6.10 Å². The monoisotopic (exact) mass is 232 g/mol. The Kier molecular flexibility index (Phi) is 3.06. The predicted octanol–water partition coefficient (Wildman–Crippen LogP) is 3.24. The Hall–Kier alpha value is -1.02. The van der Waals surface area contributed by atoms with Gasteiger partial charge in [0.05, 0.1) is 12.7 Å². The van der Waals surface area contributed by atoms with E-state index in [2.05, 4.69) is 12.1 Å². The molecule has 0 radical (unpaired) electrons. The zero-order valence-corrected chi connectivity index (χ0v) is 10.2. The average Bonchev–Trinajstić information content (AvgIpc) is 2.87. The van der Waals surface area contributed by atoms with Crippen molar-refractivity contribution in [1.82, 2.24) is 0 Å². The number of rotatable bonds is 2. The highest BCUT2D eigenvalue weighted by Crippen LogP contribution is 2.40. The molecule has 2 aliphatic rings. The van der Waals surface area contributed by atoms with Crippen LogP contribution in [0, 0.1) is 5.92 Å². The Morgan fingerprint density at radius 1 is 1.18 bits per heavy atom. The summed E-state index contributed by atoms with van der Waals surface area (Å²) in [7, 11) is 0. The van der Waals surface area contributed by atoms with E-state index in [0.29, 0.717) is 5.92 Å². The van der Waals surface area contributed by atoms with Crippen LogP contribution >= 0.6 is 0 Å². The molecule has 1 heterocycles. The first-order valence-electron chi connectivity index (χ1n) is 6.79. The summed E-state index contributed by atoms with van der Waals surface area (Å²) in [6.07, 6.45) is 6.82. The zero-order chi connectivity index (χ0) is 11.7. The number of benzene rings is 1. The Morgan fingerprint density at radius 2 is 2.00 bits per heavy atom. The molecule has 1 atom stereocenters. The van der Waals surface area contributed by atoms with Crippen LogP contribution in [0.5, 0.6) is 5.75 Å². The summed E-state index contributed by atoms with van der Waals surface area (Å²) in [5, 5.41) is 10.5. The number of aliphatic hydroxyl groups is 1. The summed E-state index contributed by atoms with van der Waals surface area (Å²) >= 11 is 0. The van der Waals surface area contributed by atoms with Gasteiger partial charge in [-0.15, -0.1) is 0 Å². The van der Waals surface area contributed by atoms with Crippen LogP contribution in [0.3, 0.4) is 0 Å². The summed E-state index contributed by atoms with van der Waals surface area (Å²) < 4.78 is 5.68. The molecule has 1 saturated carbocycles. The Balaban J connectivity index is 1.85. The summed E-state index contributed by atoms with van der Waals surface area (Å²) in [6, 6.07) is 6.19. The van der Waals surface area contributed by atoms with Crippen molar-refractivity contribution in [2.45, 2.75) is 44.6 Å². The topological polar surface area (TPSA) is 29.5 Å². The van der Waals surface area contributed by atoms with Gasteiger partial charge in [-0.3, -0.25) is 0 Å². The fraction of sp³-hybridized carbons (Fsp3) is 0.600. The van der Waals surface area contributed by atoms with Crippen molar-refractivity contribution in [3.05, 3.63) is 29.3 Å². The molecule has 0 amide bonds. The van der Waals surface area contributed by atoms with Crippen molar-refractivity contribution >= 4 is 0 Å². The maximum Gasteiger partial charge on any atom is 0.128 e. The van der Waals surface area contributed by atoms with E-state index in [1.807, 2.05) is 6.07 Å². The van der Waals surface area contributed by atoms with Gasteiger partial charge in [-0.2, -0.15) is 0 Å². The Bertz CT molecular complexity index is 394. The van der Waals surface area contributed by atoms with Gasteiger partial charge in [0.1, 0.15) is 5.75 Å². The van der Waals surface area contributed by atoms with Gasteiger partial charge in [-0.05, 0) is 24.3 Å². The summed E-state index contributed by atoms with van der Waals surface area (Å²) in [5.41, 5.74) is 2.28. The molecule has 2 heteroatoms. The lowest BCUT2D eigenvalue weighted by atomic mass is 9.82. The van der Waals surface area contributed by atoms with E-state index in [1.165, 1.54) is 24.8 Å². The lowest BCUT2D eigenvalue weighted by Gasteiger charge is -2.27. The fourth-order valence-corrected chi connectivity index (χ4v) is 3.18. The third-order valence-corrected chi connectivity index (χ3v) is 4.16. The van der Waals surface area contributed by atoms with E-state index in [9.17, 15) is 5.11 Å². The molecular formula is C15H20O2. The molecule has 0 saturated heterocycles. The van der Waals surface area contributed by atoms with Gasteiger partial charge in [0.25, 0.3) is 0 Å². The predicted molar refractivity (Wildman–Crippen MR) is 67.2 cm³/mol. The van der Waals surface area contributed by atoms with E-state index in [0.717, 1.165) is 37.2 Å². The molecule has 3 rings (SSSR count). The van der Waals surface area contributed by atoms with Gasteiger partial charge >= 0.3 is 0 Å². The van der Waals surface area contributed by atoms with Gasteiger partial charge in [0.15, 0.2) is 0 Å². The third-order valence-electron chi connectivity index (χ3n) is 4.16. The van der Waals surface area contributed by atoms with Crippen molar-refractivity contribution in [3.63, 3.8) is 0 Å². The molecule has 1 aromatic rings. The number of hydrogen-bond donors (Lipinski definition) is 1. The van der Waals surface area contributed by atoms with Gasteiger partial charge in [-0.25, -0.2) is 0 Å². The molecule has 17 heavy (non-hydrogen) atoms. The van der Waals surface area contributed by atoms with Crippen LogP contribution in [-0.2, 0) is 6.42 Å². The van der Waals surface area contributed by atoms with Crippen LogP contribution in [0.1, 0.15) is 49.3 Å². The second-order valence-electron chi connectivity index (χ2n) is 5.28. The maximum absolute atomic E-state index is 10.5. The minimum atomic E-state index is -0.330. The zero-order valence-electron chi connectivity index (χ0n) is 10.2. The van der Waals surface area contributed by atoms with E-state index in [1.54, 1.807) is 0 Å². The van der Waals surface area contributed by atoms with E-state index >= 15 is 0 Å². The lowest BCUT2D eigenvalue weighted by Crippen LogP contribution is -2.16. The average molecular weight is 232 g/mol. The van der Waals surface area contributed by atoms with Crippen LogP contribution < -0.4 is 4.74 Å². The second-order valence-corrected chi connectivity index (χ2v) is 5.28. The highest BCUT2D eigenvalue weighted by molar-refractivity contribution is 5.45. The standard InChI is InChI=1S/C15H20O2/c16-14(11-5-2-1-3-6-11)13-8-4-7-12-9-10-17-15(12)13/h4,7-8,11,14,16H,1-3,5-6,9-10H2. The minimum absolute atomic E-state index is 0.330. The molecule has 1 aliphatic carbocycles. The first-order valence-corrected chi connectivity index (χ1v) is 6.79. The summed E-state index contributed by atoms with van der Waals surface area (Å²) in [5.74, 6) is 1.39. The smallest absolute Gasteiger partial charge is 0.128 e. The molecule has 2 nitrogen and oxygen atoms in total. The summed E-state index contributed by atoms with van der Waals surface area (Å²) in [6.45, 7) is 0.768. The van der Waals surface area contributed by atoms with Crippen molar-refractivity contribution in [2.75, 3.05) is 6.61 Å². The maximum atomic E-state index is 10.5. The normalized spacial score (nSPS) is 21.9. The molecule has 1 aromatic carbocycles. The van der Waals surface area contributed by atoms with Crippen molar-refractivity contribution in [2.24, 2.45) is 5.92 Å². The largest absolute Gasteiger partial charge is 0.493 e. The molecule has 0 spiro atoms. The van der Waals surface area contributed by atoms with Crippen molar-refractivity contribution in [3.8, 4) is 5.75 Å². The Labute approximate surface area is 103 Å². The van der Waals surface area contributed by atoms with Gasteiger partial charge < -0.3 is 9.84 Å².